The number of hydrogen-bond donors (Lipinski definition) is 3. The van der Waals surface area contributed by atoms with Crippen LogP contribution in [0.25, 0.3) is 22.2 Å². The first kappa shape index (κ1) is 19.2. The van der Waals surface area contributed by atoms with Crippen LogP contribution < -0.4 is 15.8 Å². The third-order valence-electron chi connectivity index (χ3n) is 5.26. The largest absolute Gasteiger partial charge is 0.480 e. The van der Waals surface area contributed by atoms with Crippen molar-refractivity contribution in [3.05, 3.63) is 28.6 Å². The summed E-state index contributed by atoms with van der Waals surface area (Å²) < 4.78 is 7.46. The predicted octanol–water partition coefficient (Wildman–Crippen LogP) is 3.02. The number of carbonyl (C=O) groups is 2. The maximum absolute atomic E-state index is 11.5. The van der Waals surface area contributed by atoms with E-state index >= 15 is 0 Å². The number of pyridine rings is 1. The summed E-state index contributed by atoms with van der Waals surface area (Å²) in [5.74, 6) is -0.00358. The van der Waals surface area contributed by atoms with E-state index < -0.39 is 12.0 Å². The molecule has 3 heterocycles. The van der Waals surface area contributed by atoms with Crippen molar-refractivity contribution in [3.8, 4) is 17.1 Å². The first-order chi connectivity index (χ1) is 14.0. The molecule has 0 aromatic carbocycles. The van der Waals surface area contributed by atoms with E-state index in [9.17, 15) is 9.59 Å². The van der Waals surface area contributed by atoms with Gasteiger partial charge in [0.25, 0.3) is 5.91 Å². The van der Waals surface area contributed by atoms with Gasteiger partial charge >= 0.3 is 6.09 Å². The van der Waals surface area contributed by atoms with Crippen molar-refractivity contribution >= 4 is 34.2 Å². The Hall–Kier alpha value is -3.14. The topological polar surface area (TPSA) is 132 Å². The van der Waals surface area contributed by atoms with E-state index in [4.69, 9.17) is 20.7 Å². The average Bonchev–Trinajstić information content (AvgIpc) is 3.33. The number of aromatic nitrogens is 3. The second-order valence-electron chi connectivity index (χ2n) is 7.03. The molecule has 0 bridgehead atoms. The standard InChI is InChI=1S/C19H21N5O4S/c1-28-18-15-13(6-7-21-18)24(12-4-2-11(3-5-12)22-19(26)27)23-16(15)10-8-14(17(20)25)29-9-10/h6-9,11-12,22H,2-5H2,1H3,(H2,20,25)(H,26,27)/t11-,12-. The van der Waals surface area contributed by atoms with E-state index in [1.165, 1.54) is 11.3 Å². The van der Waals surface area contributed by atoms with Crippen molar-refractivity contribution in [3.63, 3.8) is 0 Å². The molecule has 0 saturated heterocycles. The highest BCUT2D eigenvalue weighted by Gasteiger charge is 2.27. The van der Waals surface area contributed by atoms with Gasteiger partial charge in [0.1, 0.15) is 5.69 Å². The fourth-order valence-electron chi connectivity index (χ4n) is 3.92. The molecular weight excluding hydrogens is 394 g/mol. The number of nitrogens with zero attached hydrogens (tertiary/aromatic N) is 3. The van der Waals surface area contributed by atoms with E-state index in [-0.39, 0.29) is 12.1 Å². The highest BCUT2D eigenvalue weighted by atomic mass is 32.1. The average molecular weight is 415 g/mol. The lowest BCUT2D eigenvalue weighted by atomic mass is 9.91. The van der Waals surface area contributed by atoms with Crippen LogP contribution >= 0.6 is 11.3 Å². The molecule has 0 atom stereocenters. The molecule has 0 unspecified atom stereocenters. The fourth-order valence-corrected chi connectivity index (χ4v) is 4.67. The van der Waals surface area contributed by atoms with Crippen LogP contribution in [0.15, 0.2) is 23.7 Å². The number of carbonyl (C=O) groups excluding carboxylic acids is 1. The molecule has 29 heavy (non-hydrogen) atoms. The van der Waals surface area contributed by atoms with Gasteiger partial charge in [-0.3, -0.25) is 9.48 Å². The summed E-state index contributed by atoms with van der Waals surface area (Å²) in [5.41, 5.74) is 7.79. The quantitative estimate of drug-likeness (QED) is 0.587. The van der Waals surface area contributed by atoms with Crippen LogP contribution in [0.4, 0.5) is 4.79 Å². The van der Waals surface area contributed by atoms with Crippen LogP contribution in [0.1, 0.15) is 41.4 Å². The molecular formula is C19H21N5O4S. The molecule has 10 heteroatoms. The van der Waals surface area contributed by atoms with Crippen LogP contribution in [-0.4, -0.2) is 45.0 Å². The van der Waals surface area contributed by atoms with Gasteiger partial charge in [0, 0.05) is 23.2 Å². The van der Waals surface area contributed by atoms with Crippen molar-refractivity contribution in [2.24, 2.45) is 5.73 Å². The molecule has 0 spiro atoms. The Balaban J connectivity index is 1.74. The molecule has 3 aromatic rings. The number of nitrogens with two attached hydrogens (primary N) is 1. The van der Waals surface area contributed by atoms with Gasteiger partial charge in [-0.15, -0.1) is 11.3 Å². The Bertz CT molecular complexity index is 1070. The zero-order chi connectivity index (χ0) is 20.5. The van der Waals surface area contributed by atoms with Gasteiger partial charge < -0.3 is 20.9 Å². The first-order valence-electron chi connectivity index (χ1n) is 9.27. The van der Waals surface area contributed by atoms with E-state index in [0.29, 0.717) is 16.5 Å². The molecule has 4 rings (SSSR count). The van der Waals surface area contributed by atoms with Crippen LogP contribution in [-0.2, 0) is 0 Å². The third kappa shape index (κ3) is 3.63. The van der Waals surface area contributed by atoms with E-state index in [1.54, 1.807) is 19.4 Å². The maximum atomic E-state index is 11.5. The molecule has 9 nitrogen and oxygen atoms in total. The summed E-state index contributed by atoms with van der Waals surface area (Å²) in [7, 11) is 1.56. The third-order valence-corrected chi connectivity index (χ3v) is 6.21. The van der Waals surface area contributed by atoms with E-state index in [1.807, 2.05) is 16.1 Å². The minimum Gasteiger partial charge on any atom is -0.480 e. The molecule has 1 aliphatic rings. The second-order valence-corrected chi connectivity index (χ2v) is 7.94. The number of thiophene rings is 1. The Morgan fingerprint density at radius 2 is 2.10 bits per heavy atom. The lowest BCUT2D eigenvalue weighted by molar-refractivity contribution is 0.100. The van der Waals surface area contributed by atoms with Crippen molar-refractivity contribution in [2.75, 3.05) is 7.11 Å². The zero-order valence-corrected chi connectivity index (χ0v) is 16.6. The summed E-state index contributed by atoms with van der Waals surface area (Å²) in [6.45, 7) is 0. The number of primary amides is 1. The number of carboxylic acid groups (broad SMARTS) is 1. The Morgan fingerprint density at radius 3 is 2.72 bits per heavy atom. The van der Waals surface area contributed by atoms with Gasteiger partial charge in [-0.1, -0.05) is 0 Å². The number of amides is 2. The van der Waals surface area contributed by atoms with Gasteiger partial charge in [-0.25, -0.2) is 9.78 Å². The van der Waals surface area contributed by atoms with Gasteiger partial charge in [0.2, 0.25) is 5.88 Å². The first-order valence-corrected chi connectivity index (χ1v) is 10.1. The van der Waals surface area contributed by atoms with Crippen molar-refractivity contribution in [1.29, 1.82) is 0 Å². The van der Waals surface area contributed by atoms with Gasteiger partial charge in [0.15, 0.2) is 0 Å². The van der Waals surface area contributed by atoms with Crippen molar-refractivity contribution in [2.45, 2.75) is 37.8 Å². The molecule has 0 radical (unpaired) electrons. The molecule has 1 saturated carbocycles. The predicted molar refractivity (Wildman–Crippen MR) is 108 cm³/mol. The Labute approximate surface area is 170 Å². The lowest BCUT2D eigenvalue weighted by Crippen LogP contribution is -2.37. The number of methoxy groups -OCH3 is 1. The smallest absolute Gasteiger partial charge is 0.404 e. The summed E-state index contributed by atoms with van der Waals surface area (Å²) in [6.07, 6.45) is 3.81. The summed E-state index contributed by atoms with van der Waals surface area (Å²) >= 11 is 1.28. The number of hydrogen-bond acceptors (Lipinski definition) is 6. The van der Waals surface area contributed by atoms with Crippen LogP contribution in [0.2, 0.25) is 0 Å². The van der Waals surface area contributed by atoms with Crippen molar-refractivity contribution in [1.82, 2.24) is 20.1 Å². The van der Waals surface area contributed by atoms with Crippen LogP contribution in [0, 0.1) is 0 Å². The highest BCUT2D eigenvalue weighted by Crippen LogP contribution is 2.39. The van der Waals surface area contributed by atoms with Crippen LogP contribution in [0.3, 0.4) is 0 Å². The normalized spacial score (nSPS) is 19.2. The van der Waals surface area contributed by atoms with Gasteiger partial charge in [-0.2, -0.15) is 5.10 Å². The zero-order valence-electron chi connectivity index (χ0n) is 15.8. The summed E-state index contributed by atoms with van der Waals surface area (Å²) in [5, 5.41) is 19.0. The minimum atomic E-state index is -0.987. The molecule has 0 aliphatic heterocycles. The molecule has 152 valence electrons. The summed E-state index contributed by atoms with van der Waals surface area (Å²) in [4.78, 5) is 27.2. The second kappa shape index (κ2) is 7.70. The Morgan fingerprint density at radius 1 is 1.34 bits per heavy atom. The SMILES string of the molecule is COc1nccc2c1c(-c1csc(C(N)=O)c1)nn2[C@H]1CC[C@H](NC(=O)O)CC1. The number of ether oxygens (including phenoxy) is 1. The molecule has 2 amide bonds. The molecule has 3 aromatic heterocycles. The lowest BCUT2D eigenvalue weighted by Gasteiger charge is -2.28. The summed E-state index contributed by atoms with van der Waals surface area (Å²) in [6, 6.07) is 3.74. The Kier molecular flexibility index (Phi) is 5.10. The monoisotopic (exact) mass is 415 g/mol. The van der Waals surface area contributed by atoms with Crippen LogP contribution in [0.5, 0.6) is 5.88 Å². The molecule has 4 N–H and O–H groups in total. The molecule has 1 aliphatic carbocycles. The highest BCUT2D eigenvalue weighted by molar-refractivity contribution is 7.12. The number of fused-ring (bicyclic) bond motifs is 1. The van der Waals surface area contributed by atoms with Crippen molar-refractivity contribution < 1.29 is 19.4 Å². The maximum Gasteiger partial charge on any atom is 0.404 e. The molecule has 1 fully saturated rings. The van der Waals surface area contributed by atoms with E-state index in [2.05, 4.69) is 10.3 Å². The van der Waals surface area contributed by atoms with Gasteiger partial charge in [-0.05, 0) is 37.8 Å². The minimum absolute atomic E-state index is 0.0313. The number of nitrogens with one attached hydrogen (secondary N) is 1. The fraction of sp³-hybridized carbons (Fsp3) is 0.368. The van der Waals surface area contributed by atoms with Gasteiger partial charge in [0.05, 0.1) is 28.9 Å². The van der Waals surface area contributed by atoms with E-state index in [0.717, 1.165) is 42.1 Å². The number of rotatable bonds is 5.